The zero-order valence-corrected chi connectivity index (χ0v) is 16.8. The van der Waals surface area contributed by atoms with Crippen LogP contribution in [-0.4, -0.2) is 24.6 Å². The summed E-state index contributed by atoms with van der Waals surface area (Å²) in [5.41, 5.74) is 1.37. The summed E-state index contributed by atoms with van der Waals surface area (Å²) in [4.78, 5) is 24.6. The first-order valence-corrected chi connectivity index (χ1v) is 9.48. The van der Waals surface area contributed by atoms with Crippen LogP contribution in [0.15, 0.2) is 36.4 Å². The molecule has 1 unspecified atom stereocenters. The standard InChI is InChI=1S/C23H30O4/c1-6-7-8-14-26-22(24)19-10-9-11-20(16-19)23(25)27-21(15-18(4)5)13-12-17(2)3/h9-11,16,18,21H,2,6-8,14-15H2,1,3-5H3. The minimum absolute atomic E-state index is 0.309. The van der Waals surface area contributed by atoms with Crippen LogP contribution in [0.3, 0.4) is 0 Å². The fraction of sp³-hybridized carbons (Fsp3) is 0.478. The lowest BCUT2D eigenvalue weighted by Gasteiger charge is -2.15. The second-order valence-corrected chi connectivity index (χ2v) is 7.00. The molecule has 4 heteroatoms. The van der Waals surface area contributed by atoms with E-state index in [-0.39, 0.29) is 0 Å². The van der Waals surface area contributed by atoms with Crippen LogP contribution >= 0.6 is 0 Å². The summed E-state index contributed by atoms with van der Waals surface area (Å²) < 4.78 is 10.8. The van der Waals surface area contributed by atoms with Crippen molar-refractivity contribution in [1.82, 2.24) is 0 Å². The Morgan fingerprint density at radius 1 is 1.15 bits per heavy atom. The molecular weight excluding hydrogens is 340 g/mol. The third kappa shape index (κ3) is 9.10. The Kier molecular flexibility index (Phi) is 9.96. The van der Waals surface area contributed by atoms with Crippen LogP contribution in [-0.2, 0) is 9.47 Å². The molecule has 1 aromatic rings. The fourth-order valence-electron chi connectivity index (χ4n) is 2.34. The van der Waals surface area contributed by atoms with Gasteiger partial charge >= 0.3 is 11.9 Å². The van der Waals surface area contributed by atoms with Gasteiger partial charge in [-0.3, -0.25) is 0 Å². The van der Waals surface area contributed by atoms with Crippen LogP contribution in [0.1, 0.15) is 74.1 Å². The van der Waals surface area contributed by atoms with Crippen molar-refractivity contribution >= 4 is 11.9 Å². The molecule has 0 saturated heterocycles. The van der Waals surface area contributed by atoms with Gasteiger partial charge in [-0.15, -0.1) is 0 Å². The van der Waals surface area contributed by atoms with E-state index in [0.717, 1.165) is 19.3 Å². The van der Waals surface area contributed by atoms with Crippen LogP contribution in [0.5, 0.6) is 0 Å². The van der Waals surface area contributed by atoms with E-state index in [9.17, 15) is 9.59 Å². The van der Waals surface area contributed by atoms with Crippen molar-refractivity contribution in [3.8, 4) is 11.8 Å². The summed E-state index contributed by atoms with van der Waals surface area (Å²) in [7, 11) is 0. The predicted octanol–water partition coefficient (Wildman–Crippen LogP) is 5.18. The number of unbranched alkanes of at least 4 members (excludes halogenated alkanes) is 2. The topological polar surface area (TPSA) is 52.6 Å². The summed E-state index contributed by atoms with van der Waals surface area (Å²) in [6.07, 6.45) is 3.03. The fourth-order valence-corrected chi connectivity index (χ4v) is 2.34. The summed E-state index contributed by atoms with van der Waals surface area (Å²) in [6, 6.07) is 6.40. The van der Waals surface area contributed by atoms with E-state index in [0.29, 0.717) is 35.6 Å². The Hall–Kier alpha value is -2.54. The number of esters is 2. The minimum Gasteiger partial charge on any atom is -0.462 e. The zero-order chi connectivity index (χ0) is 20.2. The molecule has 0 N–H and O–H groups in total. The van der Waals surface area contributed by atoms with E-state index in [1.807, 2.05) is 13.8 Å². The van der Waals surface area contributed by atoms with Crippen molar-refractivity contribution in [3.63, 3.8) is 0 Å². The lowest BCUT2D eigenvalue weighted by Crippen LogP contribution is -2.19. The highest BCUT2D eigenvalue weighted by Crippen LogP contribution is 2.13. The first-order chi connectivity index (χ1) is 12.8. The Bertz CT molecular complexity index is 707. The van der Waals surface area contributed by atoms with E-state index in [4.69, 9.17) is 9.47 Å². The van der Waals surface area contributed by atoms with Crippen LogP contribution < -0.4 is 0 Å². The van der Waals surface area contributed by atoms with Gasteiger partial charge in [-0.25, -0.2) is 9.59 Å². The Balaban J connectivity index is 2.80. The van der Waals surface area contributed by atoms with Gasteiger partial charge in [-0.1, -0.05) is 58.1 Å². The smallest absolute Gasteiger partial charge is 0.339 e. The number of hydrogen-bond acceptors (Lipinski definition) is 4. The zero-order valence-electron chi connectivity index (χ0n) is 16.8. The molecule has 0 fully saturated rings. The van der Waals surface area contributed by atoms with Crippen LogP contribution in [0, 0.1) is 17.8 Å². The van der Waals surface area contributed by atoms with Gasteiger partial charge in [0.1, 0.15) is 0 Å². The largest absolute Gasteiger partial charge is 0.462 e. The highest BCUT2D eigenvalue weighted by molar-refractivity contribution is 5.95. The molecule has 0 saturated carbocycles. The molecule has 4 nitrogen and oxygen atoms in total. The number of carbonyl (C=O) groups excluding carboxylic acids is 2. The van der Waals surface area contributed by atoms with E-state index < -0.39 is 18.0 Å². The van der Waals surface area contributed by atoms with Gasteiger partial charge in [0.25, 0.3) is 0 Å². The van der Waals surface area contributed by atoms with Crippen LogP contribution in [0.4, 0.5) is 0 Å². The third-order valence-electron chi connectivity index (χ3n) is 3.70. The maximum absolute atomic E-state index is 12.5. The summed E-state index contributed by atoms with van der Waals surface area (Å²) in [5, 5.41) is 0. The molecule has 0 aliphatic rings. The van der Waals surface area contributed by atoms with Crippen LogP contribution in [0.2, 0.25) is 0 Å². The number of ether oxygens (including phenoxy) is 2. The molecule has 0 spiro atoms. The lowest BCUT2D eigenvalue weighted by atomic mass is 10.1. The maximum atomic E-state index is 12.5. The number of carbonyl (C=O) groups is 2. The average Bonchev–Trinajstić information content (AvgIpc) is 2.62. The summed E-state index contributed by atoms with van der Waals surface area (Å²) >= 11 is 0. The maximum Gasteiger partial charge on any atom is 0.339 e. The molecule has 0 amide bonds. The quantitative estimate of drug-likeness (QED) is 0.341. The SMILES string of the molecule is C=C(C)C#CC(CC(C)C)OC(=O)c1cccc(C(=O)OCCCCC)c1. The van der Waals surface area contributed by atoms with E-state index in [1.54, 1.807) is 25.1 Å². The minimum atomic E-state index is -0.515. The first kappa shape index (κ1) is 22.5. The van der Waals surface area contributed by atoms with Gasteiger partial charge < -0.3 is 9.47 Å². The van der Waals surface area contributed by atoms with Gasteiger partial charge in [0, 0.05) is 0 Å². The van der Waals surface area contributed by atoms with Crippen molar-refractivity contribution in [1.29, 1.82) is 0 Å². The van der Waals surface area contributed by atoms with Gasteiger partial charge in [-0.2, -0.15) is 0 Å². The lowest BCUT2D eigenvalue weighted by molar-refractivity contribution is 0.0377. The highest BCUT2D eigenvalue weighted by Gasteiger charge is 2.17. The van der Waals surface area contributed by atoms with E-state index in [1.165, 1.54) is 6.07 Å². The molecule has 1 atom stereocenters. The van der Waals surface area contributed by atoms with Gasteiger partial charge in [-0.05, 0) is 49.5 Å². The average molecular weight is 370 g/mol. The monoisotopic (exact) mass is 370 g/mol. The van der Waals surface area contributed by atoms with Crippen LogP contribution in [0.25, 0.3) is 0 Å². The van der Waals surface area contributed by atoms with Crippen molar-refractivity contribution in [2.24, 2.45) is 5.92 Å². The second kappa shape index (κ2) is 12.0. The van der Waals surface area contributed by atoms with Gasteiger partial charge in [0.2, 0.25) is 0 Å². The van der Waals surface area contributed by atoms with Crippen molar-refractivity contribution in [3.05, 3.63) is 47.5 Å². The number of rotatable bonds is 9. The Morgan fingerprint density at radius 2 is 1.81 bits per heavy atom. The number of hydrogen-bond donors (Lipinski definition) is 0. The van der Waals surface area contributed by atoms with Gasteiger partial charge in [0.05, 0.1) is 17.7 Å². The van der Waals surface area contributed by atoms with Crippen molar-refractivity contribution in [2.75, 3.05) is 6.61 Å². The van der Waals surface area contributed by atoms with Crippen molar-refractivity contribution in [2.45, 2.75) is 59.5 Å². The molecule has 0 aromatic heterocycles. The molecule has 0 aliphatic carbocycles. The van der Waals surface area contributed by atoms with E-state index in [2.05, 4.69) is 25.3 Å². The molecule has 0 aliphatic heterocycles. The Morgan fingerprint density at radius 3 is 2.41 bits per heavy atom. The first-order valence-electron chi connectivity index (χ1n) is 9.48. The highest BCUT2D eigenvalue weighted by atomic mass is 16.5. The normalized spacial score (nSPS) is 11.3. The van der Waals surface area contributed by atoms with Crippen molar-refractivity contribution < 1.29 is 19.1 Å². The molecule has 146 valence electrons. The molecule has 0 heterocycles. The number of allylic oxidation sites excluding steroid dienone is 1. The third-order valence-corrected chi connectivity index (χ3v) is 3.70. The molecule has 27 heavy (non-hydrogen) atoms. The summed E-state index contributed by atoms with van der Waals surface area (Å²) in [5.74, 6) is 5.21. The summed E-state index contributed by atoms with van der Waals surface area (Å²) in [6.45, 7) is 12.1. The molecule has 1 rings (SSSR count). The molecule has 0 radical (unpaired) electrons. The predicted molar refractivity (Wildman–Crippen MR) is 107 cm³/mol. The molecular formula is C23H30O4. The molecule has 0 bridgehead atoms. The second-order valence-electron chi connectivity index (χ2n) is 7.00. The molecule has 1 aromatic carbocycles. The van der Waals surface area contributed by atoms with Gasteiger partial charge in [0.15, 0.2) is 6.10 Å². The number of benzene rings is 1. The Labute approximate surface area is 162 Å². The van der Waals surface area contributed by atoms with E-state index >= 15 is 0 Å².